The molecule has 7 heteroatoms. The van der Waals surface area contributed by atoms with Crippen molar-refractivity contribution in [3.8, 4) is 0 Å². The van der Waals surface area contributed by atoms with Crippen molar-refractivity contribution < 1.29 is 34.1 Å². The van der Waals surface area contributed by atoms with Gasteiger partial charge >= 0.3 is 11.9 Å². The van der Waals surface area contributed by atoms with Crippen molar-refractivity contribution in [3.63, 3.8) is 0 Å². The highest BCUT2D eigenvalue weighted by molar-refractivity contribution is 6.03. The van der Waals surface area contributed by atoms with Gasteiger partial charge in [-0.3, -0.25) is 14.4 Å². The largest absolute Gasteiger partial charge is 0.459 e. The van der Waals surface area contributed by atoms with Gasteiger partial charge in [0.05, 0.1) is 12.2 Å². The van der Waals surface area contributed by atoms with Crippen LogP contribution in [0.15, 0.2) is 12.2 Å². The van der Waals surface area contributed by atoms with Crippen LogP contribution in [0, 0.1) is 34.0 Å². The van der Waals surface area contributed by atoms with Crippen LogP contribution in [0.1, 0.15) is 60.3 Å². The fourth-order valence-electron chi connectivity index (χ4n) is 8.47. The number of Topliss-reactive ketones (excluding diaryl/α,β-unsaturated/α-hetero) is 1. The molecule has 2 N–H and O–H groups in total. The summed E-state index contributed by atoms with van der Waals surface area (Å²) in [5.74, 6) is -1.82. The molecule has 9 atom stereocenters. The second-order valence-corrected chi connectivity index (χ2v) is 11.2. The molecule has 0 aromatic heterocycles. The first-order valence-electron chi connectivity index (χ1n) is 11.2. The number of hydrogen-bond acceptors (Lipinski definition) is 7. The zero-order chi connectivity index (χ0) is 23.1. The van der Waals surface area contributed by atoms with Crippen molar-refractivity contribution in [2.45, 2.75) is 84.7 Å². The number of esters is 2. The molecule has 0 amide bonds. The number of rotatable bonds is 2. The van der Waals surface area contributed by atoms with Crippen LogP contribution < -0.4 is 0 Å². The Labute approximate surface area is 183 Å². The first-order valence-corrected chi connectivity index (χ1v) is 11.2. The smallest absolute Gasteiger partial charge is 0.303 e. The molecule has 4 saturated carbocycles. The number of carbonyl (C=O) groups is 3. The Kier molecular flexibility index (Phi) is 4.99. The summed E-state index contributed by atoms with van der Waals surface area (Å²) in [6, 6.07) is 0. The van der Waals surface area contributed by atoms with E-state index in [1.54, 1.807) is 0 Å². The van der Waals surface area contributed by atoms with Crippen molar-refractivity contribution >= 4 is 17.7 Å². The predicted molar refractivity (Wildman–Crippen MR) is 111 cm³/mol. The predicted octanol–water partition coefficient (Wildman–Crippen LogP) is 2.18. The number of hydrogen-bond donors (Lipinski definition) is 2. The van der Waals surface area contributed by atoms with Crippen LogP contribution in [0.4, 0.5) is 0 Å². The van der Waals surface area contributed by atoms with E-state index < -0.39 is 58.5 Å². The fraction of sp³-hybridized carbons (Fsp3) is 0.792. The van der Waals surface area contributed by atoms with E-state index in [0.717, 1.165) is 0 Å². The maximum absolute atomic E-state index is 13.4. The van der Waals surface area contributed by atoms with E-state index in [9.17, 15) is 24.6 Å². The average Bonchev–Trinajstić information content (AvgIpc) is 2.77. The number of ether oxygens (including phenoxy) is 2. The highest BCUT2D eigenvalue weighted by atomic mass is 16.6. The summed E-state index contributed by atoms with van der Waals surface area (Å²) in [4.78, 5) is 37.2. The lowest BCUT2D eigenvalue weighted by Gasteiger charge is -2.67. The van der Waals surface area contributed by atoms with E-state index in [1.165, 1.54) is 13.8 Å². The molecule has 0 aliphatic heterocycles. The van der Waals surface area contributed by atoms with Crippen molar-refractivity contribution in [1.29, 1.82) is 0 Å². The first kappa shape index (κ1) is 22.5. The van der Waals surface area contributed by atoms with Crippen molar-refractivity contribution in [2.24, 2.45) is 34.0 Å². The van der Waals surface area contributed by atoms with Gasteiger partial charge in [0.15, 0.2) is 5.78 Å². The van der Waals surface area contributed by atoms with Gasteiger partial charge in [-0.25, -0.2) is 0 Å². The van der Waals surface area contributed by atoms with E-state index in [4.69, 9.17) is 9.47 Å². The van der Waals surface area contributed by atoms with Gasteiger partial charge < -0.3 is 19.7 Å². The summed E-state index contributed by atoms with van der Waals surface area (Å²) in [6.07, 6.45) is -1.39. The molecule has 31 heavy (non-hydrogen) atoms. The van der Waals surface area contributed by atoms with Gasteiger partial charge in [-0.15, -0.1) is 0 Å². The Morgan fingerprint density at radius 3 is 2.16 bits per heavy atom. The third-order valence-corrected chi connectivity index (χ3v) is 8.86. The number of aliphatic hydroxyl groups is 2. The van der Waals surface area contributed by atoms with Gasteiger partial charge in [0.25, 0.3) is 0 Å². The van der Waals surface area contributed by atoms with Crippen LogP contribution in [0.3, 0.4) is 0 Å². The van der Waals surface area contributed by atoms with Crippen molar-refractivity contribution in [3.05, 3.63) is 12.2 Å². The summed E-state index contributed by atoms with van der Waals surface area (Å²) < 4.78 is 11.3. The molecule has 4 rings (SSSR count). The Balaban J connectivity index is 1.85. The molecular formula is C24H34O7. The number of ketones is 1. The van der Waals surface area contributed by atoms with E-state index >= 15 is 0 Å². The van der Waals surface area contributed by atoms with E-state index in [1.807, 2.05) is 20.8 Å². The van der Waals surface area contributed by atoms with Crippen LogP contribution in [0.5, 0.6) is 0 Å². The zero-order valence-corrected chi connectivity index (χ0v) is 19.0. The number of fused-ring (bicyclic) bond motifs is 3. The second-order valence-electron chi connectivity index (χ2n) is 11.2. The lowest BCUT2D eigenvalue weighted by molar-refractivity contribution is -0.269. The SMILES string of the molecule is C=C1C(=O)C23CC1CC(O)C2C1(C)CC(OC(C)=O)C(OC(C)=O)C(C)(C)C1C(O)C3. The number of carbonyl (C=O) groups excluding carboxylic acids is 3. The van der Waals surface area contributed by atoms with Crippen LogP contribution in [-0.2, 0) is 23.9 Å². The Morgan fingerprint density at radius 1 is 0.968 bits per heavy atom. The maximum Gasteiger partial charge on any atom is 0.303 e. The van der Waals surface area contributed by atoms with Gasteiger partial charge in [-0.2, -0.15) is 0 Å². The minimum Gasteiger partial charge on any atom is -0.459 e. The molecule has 7 nitrogen and oxygen atoms in total. The highest BCUT2D eigenvalue weighted by Gasteiger charge is 2.73. The Hall–Kier alpha value is -1.73. The molecular weight excluding hydrogens is 400 g/mol. The monoisotopic (exact) mass is 434 g/mol. The van der Waals surface area contributed by atoms with Gasteiger partial charge in [0.2, 0.25) is 0 Å². The van der Waals surface area contributed by atoms with Gasteiger partial charge in [-0.05, 0) is 48.5 Å². The molecule has 0 saturated heterocycles. The minimum absolute atomic E-state index is 0.0401. The van der Waals surface area contributed by atoms with Crippen molar-refractivity contribution in [1.82, 2.24) is 0 Å². The molecule has 4 aliphatic rings. The molecule has 172 valence electrons. The summed E-state index contributed by atoms with van der Waals surface area (Å²) >= 11 is 0. The summed E-state index contributed by atoms with van der Waals surface area (Å²) in [7, 11) is 0. The summed E-state index contributed by atoms with van der Waals surface area (Å²) in [5, 5.41) is 22.7. The standard InChI is InChI=1S/C24H34O7/c1-11-14-7-15(27)19-23(6)10-17(30-12(2)25)21(31-13(3)26)22(4,5)18(23)16(28)9-24(19,8-14)20(11)29/h14-19,21,27-28H,1,7-10H2,2-6H3. The number of aliphatic hydroxyl groups excluding tert-OH is 2. The van der Waals surface area contributed by atoms with Crippen LogP contribution >= 0.6 is 0 Å². The molecule has 0 heterocycles. The molecule has 4 fully saturated rings. The van der Waals surface area contributed by atoms with Crippen LogP contribution in [0.25, 0.3) is 0 Å². The normalized spacial score (nSPS) is 47.9. The third kappa shape index (κ3) is 2.95. The zero-order valence-electron chi connectivity index (χ0n) is 19.0. The van der Waals surface area contributed by atoms with Gasteiger partial charge in [0.1, 0.15) is 12.2 Å². The Morgan fingerprint density at radius 2 is 1.58 bits per heavy atom. The summed E-state index contributed by atoms with van der Waals surface area (Å²) in [5.41, 5.74) is -1.76. The summed E-state index contributed by atoms with van der Waals surface area (Å²) in [6.45, 7) is 12.4. The topological polar surface area (TPSA) is 110 Å². The third-order valence-electron chi connectivity index (χ3n) is 8.86. The lowest BCUT2D eigenvalue weighted by atomic mass is 9.39. The van der Waals surface area contributed by atoms with Gasteiger partial charge in [-0.1, -0.05) is 27.4 Å². The van der Waals surface area contributed by atoms with E-state index in [-0.39, 0.29) is 24.0 Å². The first-order chi connectivity index (χ1) is 14.3. The molecule has 0 aromatic rings. The van der Waals surface area contributed by atoms with E-state index in [0.29, 0.717) is 24.8 Å². The molecule has 0 radical (unpaired) electrons. The van der Waals surface area contributed by atoms with Crippen LogP contribution in [-0.4, -0.2) is 52.4 Å². The second kappa shape index (κ2) is 6.88. The molecule has 4 aliphatic carbocycles. The molecule has 9 unspecified atom stereocenters. The maximum atomic E-state index is 13.4. The fourth-order valence-corrected chi connectivity index (χ4v) is 8.47. The average molecular weight is 435 g/mol. The Bertz CT molecular complexity index is 847. The quantitative estimate of drug-likeness (QED) is 0.506. The molecule has 2 bridgehead atoms. The molecule has 0 aromatic carbocycles. The minimum atomic E-state index is -0.852. The van der Waals surface area contributed by atoms with Crippen LogP contribution in [0.2, 0.25) is 0 Å². The molecule has 1 spiro atoms. The highest BCUT2D eigenvalue weighted by Crippen LogP contribution is 2.71. The van der Waals surface area contributed by atoms with E-state index in [2.05, 4.69) is 6.58 Å². The van der Waals surface area contributed by atoms with Crippen molar-refractivity contribution in [2.75, 3.05) is 0 Å². The number of allylic oxidation sites excluding steroid dienone is 1. The lowest BCUT2D eigenvalue weighted by Crippen LogP contribution is -2.70. The van der Waals surface area contributed by atoms with Gasteiger partial charge in [0, 0.05) is 30.6 Å².